The number of unbranched alkanes of at least 4 members (excludes halogenated alkanes) is 1. The Morgan fingerprint density at radius 1 is 1.33 bits per heavy atom. The van der Waals surface area contributed by atoms with Gasteiger partial charge in [-0.15, -0.1) is 12.4 Å². The van der Waals surface area contributed by atoms with Gasteiger partial charge >= 0.3 is 0 Å². The molecule has 7 heteroatoms. The minimum Gasteiger partial charge on any atom is -0.396 e. The second kappa shape index (κ2) is 7.15. The molecule has 0 spiro atoms. The van der Waals surface area contributed by atoms with E-state index in [1.54, 1.807) is 6.20 Å². The number of aromatic amines is 2. The molecule has 0 atom stereocenters. The average Bonchev–Trinajstić information content (AvgIpc) is 2.74. The Bertz CT molecular complexity index is 537. The van der Waals surface area contributed by atoms with E-state index in [0.29, 0.717) is 17.6 Å². The van der Waals surface area contributed by atoms with Crippen molar-refractivity contribution in [2.24, 2.45) is 0 Å². The van der Waals surface area contributed by atoms with Gasteiger partial charge in [-0.1, -0.05) is 0 Å². The smallest absolute Gasteiger partial charge is 0.275 e. The van der Waals surface area contributed by atoms with Crippen molar-refractivity contribution in [3.63, 3.8) is 0 Å². The van der Waals surface area contributed by atoms with Crippen LogP contribution in [0.2, 0.25) is 0 Å². The van der Waals surface area contributed by atoms with Gasteiger partial charge in [0.05, 0.1) is 11.8 Å². The van der Waals surface area contributed by atoms with E-state index in [2.05, 4.69) is 20.3 Å². The lowest BCUT2D eigenvalue weighted by molar-refractivity contribution is 0.283. The lowest BCUT2D eigenvalue weighted by Gasteiger charge is -2.02. The van der Waals surface area contributed by atoms with Crippen LogP contribution in [0.3, 0.4) is 0 Å². The number of aliphatic hydroxyl groups is 1. The Morgan fingerprint density at radius 2 is 2.17 bits per heavy atom. The molecule has 100 valence electrons. The Kier molecular flexibility index (Phi) is 5.84. The molecule has 6 nitrogen and oxygen atoms in total. The van der Waals surface area contributed by atoms with Gasteiger partial charge in [0.2, 0.25) is 0 Å². The monoisotopic (exact) mass is 272 g/mol. The second-order valence-electron chi connectivity index (χ2n) is 3.88. The van der Waals surface area contributed by atoms with Gasteiger partial charge in [-0.05, 0) is 19.4 Å². The number of fused-ring (bicyclic) bond motifs is 1. The normalized spacial score (nSPS) is 10.5. The molecule has 0 unspecified atom stereocenters. The molecule has 0 saturated heterocycles. The van der Waals surface area contributed by atoms with Gasteiger partial charge in [-0.3, -0.25) is 4.79 Å². The van der Waals surface area contributed by atoms with E-state index in [9.17, 15) is 4.79 Å². The maximum atomic E-state index is 11.4. The Morgan fingerprint density at radius 3 is 2.94 bits per heavy atom. The number of nitrogens with one attached hydrogen (secondary N) is 3. The number of hydrogen-bond donors (Lipinski definition) is 4. The van der Waals surface area contributed by atoms with Crippen LogP contribution in [0.5, 0.6) is 0 Å². The van der Waals surface area contributed by atoms with Crippen LogP contribution in [0.1, 0.15) is 18.4 Å². The van der Waals surface area contributed by atoms with Gasteiger partial charge < -0.3 is 20.4 Å². The number of halogens is 1. The van der Waals surface area contributed by atoms with Crippen molar-refractivity contribution in [1.29, 1.82) is 0 Å². The summed E-state index contributed by atoms with van der Waals surface area (Å²) in [7, 11) is 0. The van der Waals surface area contributed by atoms with E-state index in [4.69, 9.17) is 5.11 Å². The van der Waals surface area contributed by atoms with Crippen LogP contribution in [0.15, 0.2) is 17.3 Å². The third kappa shape index (κ3) is 3.32. The molecule has 0 aliphatic rings. The molecule has 0 aliphatic carbocycles. The summed E-state index contributed by atoms with van der Waals surface area (Å²) < 4.78 is 0. The van der Waals surface area contributed by atoms with Crippen molar-refractivity contribution < 1.29 is 5.11 Å². The third-order valence-corrected chi connectivity index (χ3v) is 2.63. The quantitative estimate of drug-likeness (QED) is 0.577. The summed E-state index contributed by atoms with van der Waals surface area (Å²) in [5.74, 6) is 0. The summed E-state index contributed by atoms with van der Waals surface area (Å²) >= 11 is 0. The van der Waals surface area contributed by atoms with E-state index < -0.39 is 0 Å². The molecule has 0 aromatic carbocycles. The number of rotatable bonds is 6. The van der Waals surface area contributed by atoms with Crippen LogP contribution < -0.4 is 10.9 Å². The van der Waals surface area contributed by atoms with Gasteiger partial charge in [0.15, 0.2) is 0 Å². The number of H-pyrrole nitrogens is 2. The highest BCUT2D eigenvalue weighted by atomic mass is 35.5. The minimum atomic E-state index is -0.151. The average molecular weight is 273 g/mol. The maximum absolute atomic E-state index is 11.4. The summed E-state index contributed by atoms with van der Waals surface area (Å²) in [6, 6.07) is 0. The topological polar surface area (TPSA) is 93.8 Å². The zero-order valence-corrected chi connectivity index (χ0v) is 10.7. The van der Waals surface area contributed by atoms with Crippen molar-refractivity contribution in [1.82, 2.24) is 20.3 Å². The maximum Gasteiger partial charge on any atom is 0.275 e. The molecule has 2 aromatic heterocycles. The fraction of sp³-hybridized carbons (Fsp3) is 0.455. The Balaban J connectivity index is 0.00000162. The first-order valence-electron chi connectivity index (χ1n) is 5.68. The molecular weight excluding hydrogens is 256 g/mol. The third-order valence-electron chi connectivity index (χ3n) is 2.63. The lowest BCUT2D eigenvalue weighted by Crippen LogP contribution is -2.15. The molecule has 0 fully saturated rings. The summed E-state index contributed by atoms with van der Waals surface area (Å²) in [5.41, 5.74) is 2.06. The van der Waals surface area contributed by atoms with Gasteiger partial charge in [-0.25, -0.2) is 4.98 Å². The summed E-state index contributed by atoms with van der Waals surface area (Å²) in [6.45, 7) is 1.74. The zero-order chi connectivity index (χ0) is 12.1. The fourth-order valence-electron chi connectivity index (χ4n) is 1.72. The zero-order valence-electron chi connectivity index (χ0n) is 9.90. The molecule has 4 N–H and O–H groups in total. The van der Waals surface area contributed by atoms with Gasteiger partial charge in [0.25, 0.3) is 5.56 Å². The number of hydrogen-bond acceptors (Lipinski definition) is 4. The minimum absolute atomic E-state index is 0. The molecule has 18 heavy (non-hydrogen) atoms. The van der Waals surface area contributed by atoms with E-state index in [-0.39, 0.29) is 24.6 Å². The first-order valence-corrected chi connectivity index (χ1v) is 5.68. The van der Waals surface area contributed by atoms with Crippen LogP contribution >= 0.6 is 12.4 Å². The first-order chi connectivity index (χ1) is 8.33. The number of aliphatic hydroxyl groups excluding tert-OH is 1. The highest BCUT2D eigenvalue weighted by molar-refractivity contribution is 5.85. The van der Waals surface area contributed by atoms with E-state index in [0.717, 1.165) is 24.9 Å². The first kappa shape index (κ1) is 14.7. The van der Waals surface area contributed by atoms with Crippen LogP contribution in [0, 0.1) is 0 Å². The molecule has 2 rings (SSSR count). The molecule has 0 radical (unpaired) electrons. The molecule has 0 aliphatic heterocycles. The van der Waals surface area contributed by atoms with Crippen molar-refractivity contribution in [2.45, 2.75) is 19.4 Å². The van der Waals surface area contributed by atoms with Crippen molar-refractivity contribution >= 4 is 23.4 Å². The Labute approximate surface area is 110 Å². The fourth-order valence-corrected chi connectivity index (χ4v) is 1.72. The van der Waals surface area contributed by atoms with Crippen LogP contribution in [-0.2, 0) is 6.54 Å². The lowest BCUT2D eigenvalue weighted by atomic mass is 10.2. The summed E-state index contributed by atoms with van der Waals surface area (Å²) in [5, 5.41) is 11.9. The largest absolute Gasteiger partial charge is 0.396 e. The summed E-state index contributed by atoms with van der Waals surface area (Å²) in [4.78, 5) is 21.0. The molecule has 0 bridgehead atoms. The number of aromatic nitrogens is 3. The molecular formula is C11H17ClN4O2. The molecule has 2 heterocycles. The van der Waals surface area contributed by atoms with E-state index >= 15 is 0 Å². The predicted molar refractivity (Wildman–Crippen MR) is 72.0 cm³/mol. The SMILES string of the molecule is Cl.O=c1[nH]cnc2c(CNCCCCO)c[nH]c12. The van der Waals surface area contributed by atoms with E-state index in [1.165, 1.54) is 6.33 Å². The second-order valence-corrected chi connectivity index (χ2v) is 3.88. The highest BCUT2D eigenvalue weighted by Crippen LogP contribution is 2.10. The standard InChI is InChI=1S/C11H16N4O2.ClH/c16-4-2-1-3-12-5-8-6-13-10-9(8)14-7-15-11(10)17;/h6-7,12-13,16H,1-5H2,(H,14,15,17);1H. The van der Waals surface area contributed by atoms with Crippen LogP contribution in [0.4, 0.5) is 0 Å². The molecule has 0 amide bonds. The molecule has 0 saturated carbocycles. The predicted octanol–water partition coefficient (Wildman–Crippen LogP) is 0.535. The molecule has 2 aromatic rings. The van der Waals surface area contributed by atoms with Gasteiger partial charge in [0, 0.05) is 24.9 Å². The van der Waals surface area contributed by atoms with Crippen LogP contribution in [0.25, 0.3) is 11.0 Å². The van der Waals surface area contributed by atoms with Gasteiger partial charge in [0.1, 0.15) is 5.52 Å². The van der Waals surface area contributed by atoms with Crippen LogP contribution in [-0.4, -0.2) is 33.2 Å². The van der Waals surface area contributed by atoms with Crippen molar-refractivity contribution in [3.8, 4) is 0 Å². The van der Waals surface area contributed by atoms with Crippen molar-refractivity contribution in [2.75, 3.05) is 13.2 Å². The number of nitrogens with zero attached hydrogens (tertiary/aromatic N) is 1. The highest BCUT2D eigenvalue weighted by Gasteiger charge is 2.06. The van der Waals surface area contributed by atoms with E-state index in [1.807, 2.05) is 0 Å². The Hall–Kier alpha value is -1.37. The van der Waals surface area contributed by atoms with Crippen molar-refractivity contribution in [3.05, 3.63) is 28.4 Å². The summed E-state index contributed by atoms with van der Waals surface area (Å²) in [6.07, 6.45) is 4.95. The van der Waals surface area contributed by atoms with Gasteiger partial charge in [-0.2, -0.15) is 0 Å².